The van der Waals surface area contributed by atoms with Crippen LogP contribution in [-0.2, 0) is 4.79 Å². The zero-order chi connectivity index (χ0) is 11.4. The van der Waals surface area contributed by atoms with Crippen molar-refractivity contribution in [2.45, 2.75) is 6.18 Å². The minimum atomic E-state index is -4.87. The highest BCUT2D eigenvalue weighted by Crippen LogP contribution is 2.13. The summed E-state index contributed by atoms with van der Waals surface area (Å²) in [6, 6.07) is 0. The van der Waals surface area contributed by atoms with Gasteiger partial charge in [-0.25, -0.2) is 0 Å². The first-order chi connectivity index (χ1) is 6.25. The second-order valence-electron chi connectivity index (χ2n) is 2.56. The Hall–Kier alpha value is -1.18. The Morgan fingerprint density at radius 2 is 2.00 bits per heavy atom. The number of nitrogens with zero attached hydrogens (tertiary/aromatic N) is 1. The van der Waals surface area contributed by atoms with E-state index in [4.69, 9.17) is 11.1 Å². The molecule has 0 unspecified atom stereocenters. The molecule has 0 saturated heterocycles. The van der Waals surface area contributed by atoms with Gasteiger partial charge in [-0.3, -0.25) is 10.2 Å². The third kappa shape index (κ3) is 6.83. The molecule has 0 spiro atoms. The van der Waals surface area contributed by atoms with E-state index in [1.807, 2.05) is 0 Å². The Balaban J connectivity index is 0. The number of rotatable bonds is 3. The average Bonchev–Trinajstić information content (AvgIpc) is 2.01. The lowest BCUT2D eigenvalue weighted by Crippen LogP contribution is -2.43. The normalized spacial score (nSPS) is 10.1. The van der Waals surface area contributed by atoms with Gasteiger partial charge in [0.2, 0.25) is 0 Å². The van der Waals surface area contributed by atoms with Crippen molar-refractivity contribution in [1.29, 1.82) is 5.41 Å². The minimum absolute atomic E-state index is 0. The number of carbonyl (C=O) groups is 1. The van der Waals surface area contributed by atoms with E-state index in [2.05, 4.69) is 0 Å². The van der Waals surface area contributed by atoms with Gasteiger partial charge in [-0.1, -0.05) is 0 Å². The van der Waals surface area contributed by atoms with Crippen LogP contribution in [0.1, 0.15) is 0 Å². The third-order valence-corrected chi connectivity index (χ3v) is 1.40. The molecule has 4 N–H and O–H groups in total. The van der Waals surface area contributed by atoms with Gasteiger partial charge in [0.15, 0.2) is 5.96 Å². The fraction of sp³-hybridized carbons (Fsp3) is 0.667. The van der Waals surface area contributed by atoms with E-state index >= 15 is 0 Å². The molecule has 0 radical (unpaired) electrons. The summed E-state index contributed by atoms with van der Waals surface area (Å²) in [7, 11) is 1.43. The number of halogens is 4. The SMILES string of the molecule is CN(CCNC(=O)C(F)(F)F)C(=N)N.Cl. The molecular formula is C6H12ClF3N4O. The first kappa shape index (κ1) is 16.3. The summed E-state index contributed by atoms with van der Waals surface area (Å²) in [5.74, 6) is -2.26. The molecule has 0 aliphatic heterocycles. The lowest BCUT2D eigenvalue weighted by Gasteiger charge is -2.16. The molecule has 0 saturated carbocycles. The van der Waals surface area contributed by atoms with Crippen LogP contribution in [0.15, 0.2) is 0 Å². The van der Waals surface area contributed by atoms with E-state index in [-0.39, 0.29) is 31.5 Å². The molecule has 5 nitrogen and oxygen atoms in total. The number of nitrogens with two attached hydrogens (primary N) is 1. The molecule has 0 fully saturated rings. The molecule has 0 rings (SSSR count). The number of alkyl halides is 3. The van der Waals surface area contributed by atoms with E-state index in [9.17, 15) is 18.0 Å². The lowest BCUT2D eigenvalue weighted by atomic mass is 10.5. The fourth-order valence-corrected chi connectivity index (χ4v) is 0.558. The molecule has 15 heavy (non-hydrogen) atoms. The molecule has 1 amide bonds. The molecule has 0 aromatic carbocycles. The Morgan fingerprint density at radius 1 is 1.53 bits per heavy atom. The lowest BCUT2D eigenvalue weighted by molar-refractivity contribution is -0.173. The number of hydrogen-bond donors (Lipinski definition) is 3. The molecule has 0 aliphatic rings. The van der Waals surface area contributed by atoms with Crippen LogP contribution in [0, 0.1) is 5.41 Å². The van der Waals surface area contributed by atoms with Crippen LogP contribution in [0.3, 0.4) is 0 Å². The Kier molecular flexibility index (Phi) is 6.86. The highest BCUT2D eigenvalue weighted by Gasteiger charge is 2.38. The number of nitrogens with one attached hydrogen (secondary N) is 2. The van der Waals surface area contributed by atoms with Crippen molar-refractivity contribution in [3.05, 3.63) is 0 Å². The zero-order valence-corrected chi connectivity index (χ0v) is 8.71. The van der Waals surface area contributed by atoms with Crippen LogP contribution < -0.4 is 11.1 Å². The van der Waals surface area contributed by atoms with E-state index in [0.717, 1.165) is 0 Å². The van der Waals surface area contributed by atoms with E-state index in [1.54, 1.807) is 5.32 Å². The Labute approximate surface area is 90.7 Å². The van der Waals surface area contributed by atoms with Crippen LogP contribution in [0.2, 0.25) is 0 Å². The zero-order valence-electron chi connectivity index (χ0n) is 7.89. The van der Waals surface area contributed by atoms with Crippen molar-refractivity contribution in [2.24, 2.45) is 5.73 Å². The van der Waals surface area contributed by atoms with Gasteiger partial charge in [0.25, 0.3) is 0 Å². The maximum Gasteiger partial charge on any atom is 0.471 e. The molecule has 0 heterocycles. The van der Waals surface area contributed by atoms with E-state index < -0.39 is 12.1 Å². The van der Waals surface area contributed by atoms with Crippen LogP contribution in [0.25, 0.3) is 0 Å². The third-order valence-electron chi connectivity index (χ3n) is 1.40. The quantitative estimate of drug-likeness (QED) is 0.482. The molecular weight excluding hydrogens is 237 g/mol. The van der Waals surface area contributed by atoms with Gasteiger partial charge >= 0.3 is 12.1 Å². The second-order valence-corrected chi connectivity index (χ2v) is 2.56. The summed E-state index contributed by atoms with van der Waals surface area (Å²) in [6.07, 6.45) is -4.87. The van der Waals surface area contributed by atoms with Gasteiger partial charge in [0.05, 0.1) is 0 Å². The Bertz CT molecular complexity index is 233. The predicted octanol–water partition coefficient (Wildman–Crippen LogP) is -0.0880. The van der Waals surface area contributed by atoms with Crippen molar-refractivity contribution < 1.29 is 18.0 Å². The largest absolute Gasteiger partial charge is 0.471 e. The van der Waals surface area contributed by atoms with Crippen molar-refractivity contribution in [3.63, 3.8) is 0 Å². The number of carbonyl (C=O) groups excluding carboxylic acids is 1. The Morgan fingerprint density at radius 3 is 2.33 bits per heavy atom. The van der Waals surface area contributed by atoms with Crippen molar-refractivity contribution >= 4 is 24.3 Å². The summed E-state index contributed by atoms with van der Waals surface area (Å²) in [4.78, 5) is 11.5. The standard InChI is InChI=1S/C6H11F3N4O.ClH/c1-13(5(10)11)3-2-12-4(14)6(7,8)9;/h2-3H2,1H3,(H3,10,11)(H,12,14);1H. The van der Waals surface area contributed by atoms with Crippen LogP contribution in [0.5, 0.6) is 0 Å². The van der Waals surface area contributed by atoms with Gasteiger partial charge in [-0.2, -0.15) is 13.2 Å². The second kappa shape index (κ2) is 6.33. The molecule has 0 bridgehead atoms. The highest BCUT2D eigenvalue weighted by molar-refractivity contribution is 5.85. The number of likely N-dealkylation sites (N-methyl/N-ethyl adjacent to an activating group) is 1. The fourth-order valence-electron chi connectivity index (χ4n) is 0.558. The summed E-state index contributed by atoms with van der Waals surface area (Å²) in [6.45, 7) is -0.161. The number of amides is 1. The van der Waals surface area contributed by atoms with E-state index in [0.29, 0.717) is 0 Å². The molecule has 90 valence electrons. The maximum atomic E-state index is 11.6. The highest BCUT2D eigenvalue weighted by atomic mass is 35.5. The molecule has 0 aliphatic carbocycles. The van der Waals surface area contributed by atoms with Gasteiger partial charge in [-0.15, -0.1) is 12.4 Å². The molecule has 0 aromatic heterocycles. The maximum absolute atomic E-state index is 11.6. The monoisotopic (exact) mass is 248 g/mol. The predicted molar refractivity (Wildman–Crippen MR) is 50.9 cm³/mol. The van der Waals surface area contributed by atoms with Gasteiger partial charge in [0, 0.05) is 20.1 Å². The minimum Gasteiger partial charge on any atom is -0.370 e. The van der Waals surface area contributed by atoms with Crippen molar-refractivity contribution in [3.8, 4) is 0 Å². The van der Waals surface area contributed by atoms with Gasteiger partial charge < -0.3 is 16.0 Å². The van der Waals surface area contributed by atoms with Crippen LogP contribution in [-0.4, -0.2) is 43.1 Å². The van der Waals surface area contributed by atoms with Gasteiger partial charge in [-0.05, 0) is 0 Å². The summed E-state index contributed by atoms with van der Waals surface area (Å²) < 4.78 is 34.9. The summed E-state index contributed by atoms with van der Waals surface area (Å²) >= 11 is 0. The summed E-state index contributed by atoms with van der Waals surface area (Å²) in [5.41, 5.74) is 5.01. The topological polar surface area (TPSA) is 82.2 Å². The first-order valence-electron chi connectivity index (χ1n) is 3.65. The van der Waals surface area contributed by atoms with Crippen LogP contribution >= 0.6 is 12.4 Å². The molecule has 0 atom stereocenters. The summed E-state index contributed by atoms with van der Waals surface area (Å²) in [5, 5.41) is 8.53. The van der Waals surface area contributed by atoms with Crippen molar-refractivity contribution in [2.75, 3.05) is 20.1 Å². The van der Waals surface area contributed by atoms with Crippen LogP contribution in [0.4, 0.5) is 13.2 Å². The first-order valence-corrected chi connectivity index (χ1v) is 3.65. The molecule has 9 heteroatoms. The number of guanidine groups is 1. The number of hydrogen-bond acceptors (Lipinski definition) is 2. The average molecular weight is 249 g/mol. The van der Waals surface area contributed by atoms with E-state index in [1.165, 1.54) is 11.9 Å². The van der Waals surface area contributed by atoms with Gasteiger partial charge in [0.1, 0.15) is 0 Å². The van der Waals surface area contributed by atoms with Crippen molar-refractivity contribution in [1.82, 2.24) is 10.2 Å². The smallest absolute Gasteiger partial charge is 0.370 e. The molecule has 0 aromatic rings.